The number of fused-ring (bicyclic) bond motifs is 1. The van der Waals surface area contributed by atoms with Crippen LogP contribution in [0.15, 0.2) is 36.7 Å². The molecule has 0 amide bonds. The van der Waals surface area contributed by atoms with E-state index in [4.69, 9.17) is 4.74 Å². The van der Waals surface area contributed by atoms with E-state index in [1.54, 1.807) is 17.8 Å². The summed E-state index contributed by atoms with van der Waals surface area (Å²) in [6.45, 7) is 2.57. The number of anilines is 1. The van der Waals surface area contributed by atoms with Crippen molar-refractivity contribution in [1.82, 2.24) is 19.6 Å². The predicted molar refractivity (Wildman–Crippen MR) is 75.8 cm³/mol. The van der Waals surface area contributed by atoms with Crippen LogP contribution in [0.2, 0.25) is 0 Å². The van der Waals surface area contributed by atoms with Crippen molar-refractivity contribution >= 4 is 11.6 Å². The van der Waals surface area contributed by atoms with Gasteiger partial charge in [0.25, 0.3) is 0 Å². The summed E-state index contributed by atoms with van der Waals surface area (Å²) in [6.07, 6.45) is 3.58. The molecule has 0 aromatic carbocycles. The summed E-state index contributed by atoms with van der Waals surface area (Å²) in [5.74, 6) is 1.20. The minimum Gasteiger partial charge on any atom is -0.481 e. The molecule has 0 aliphatic heterocycles. The first kappa shape index (κ1) is 12.4. The Hall–Kier alpha value is -2.63. The number of methoxy groups -OCH3 is 1. The lowest BCUT2D eigenvalue weighted by Gasteiger charge is -2.06. The van der Waals surface area contributed by atoms with Crippen LogP contribution in [-0.4, -0.2) is 26.7 Å². The third-order valence-electron chi connectivity index (χ3n) is 3.04. The molecule has 0 saturated carbocycles. The first-order valence-electron chi connectivity index (χ1n) is 6.31. The predicted octanol–water partition coefficient (Wildman–Crippen LogP) is 2.05. The van der Waals surface area contributed by atoms with Gasteiger partial charge < -0.3 is 10.1 Å². The summed E-state index contributed by atoms with van der Waals surface area (Å²) in [5.41, 5.74) is 2.91. The number of ether oxygens (including phenoxy) is 1. The van der Waals surface area contributed by atoms with Gasteiger partial charge in [0.15, 0.2) is 5.65 Å². The molecule has 0 aliphatic rings. The lowest BCUT2D eigenvalue weighted by molar-refractivity contribution is 0.393. The Bertz CT molecular complexity index is 737. The maximum Gasteiger partial charge on any atom is 0.243 e. The van der Waals surface area contributed by atoms with Gasteiger partial charge in [0.05, 0.1) is 7.11 Å². The number of aromatic nitrogens is 4. The van der Waals surface area contributed by atoms with Gasteiger partial charge >= 0.3 is 0 Å². The van der Waals surface area contributed by atoms with Crippen LogP contribution in [0.4, 0.5) is 5.95 Å². The normalized spacial score (nSPS) is 10.7. The minimum absolute atomic E-state index is 0.562. The molecule has 3 aromatic rings. The molecular weight excluding hydrogens is 254 g/mol. The highest BCUT2D eigenvalue weighted by atomic mass is 16.5. The second-order valence-corrected chi connectivity index (χ2v) is 4.42. The number of nitrogens with zero attached hydrogens (tertiary/aromatic N) is 4. The Morgan fingerprint density at radius 3 is 3.00 bits per heavy atom. The molecule has 102 valence electrons. The molecule has 20 heavy (non-hydrogen) atoms. The Morgan fingerprint density at radius 1 is 1.30 bits per heavy atom. The molecule has 6 nitrogen and oxygen atoms in total. The fourth-order valence-electron chi connectivity index (χ4n) is 2.03. The summed E-state index contributed by atoms with van der Waals surface area (Å²) in [4.78, 5) is 8.62. The van der Waals surface area contributed by atoms with Gasteiger partial charge in [0.1, 0.15) is 0 Å². The summed E-state index contributed by atoms with van der Waals surface area (Å²) in [5, 5.41) is 7.57. The maximum atomic E-state index is 5.21. The molecule has 1 N–H and O–H groups in total. The molecular formula is C14H15N5O. The van der Waals surface area contributed by atoms with Crippen LogP contribution in [0.1, 0.15) is 11.1 Å². The van der Waals surface area contributed by atoms with Gasteiger partial charge in [0.2, 0.25) is 11.8 Å². The third kappa shape index (κ3) is 2.27. The fourth-order valence-corrected chi connectivity index (χ4v) is 2.03. The van der Waals surface area contributed by atoms with Crippen molar-refractivity contribution in [2.45, 2.75) is 13.5 Å². The second-order valence-electron chi connectivity index (χ2n) is 4.42. The van der Waals surface area contributed by atoms with Crippen LogP contribution in [0.5, 0.6) is 5.88 Å². The van der Waals surface area contributed by atoms with Gasteiger partial charge in [-0.05, 0) is 24.6 Å². The van der Waals surface area contributed by atoms with Crippen LogP contribution >= 0.6 is 0 Å². The third-order valence-corrected chi connectivity index (χ3v) is 3.04. The lowest BCUT2D eigenvalue weighted by atomic mass is 10.3. The van der Waals surface area contributed by atoms with Crippen molar-refractivity contribution in [2.75, 3.05) is 12.4 Å². The smallest absolute Gasteiger partial charge is 0.243 e. The highest BCUT2D eigenvalue weighted by Crippen LogP contribution is 2.15. The van der Waals surface area contributed by atoms with Crippen molar-refractivity contribution < 1.29 is 4.74 Å². The number of nitrogens with one attached hydrogen (secondary N) is 1. The minimum atomic E-state index is 0.562. The van der Waals surface area contributed by atoms with Crippen molar-refractivity contribution in [3.63, 3.8) is 0 Å². The second kappa shape index (κ2) is 5.16. The SMILES string of the molecule is COc1ncccc1CNc1nc2c(C)cccn2n1. The summed E-state index contributed by atoms with van der Waals surface area (Å²) in [7, 11) is 1.61. The van der Waals surface area contributed by atoms with E-state index in [9.17, 15) is 0 Å². The van der Waals surface area contributed by atoms with Gasteiger partial charge in [-0.2, -0.15) is 4.98 Å². The monoisotopic (exact) mass is 269 g/mol. The number of hydrogen-bond donors (Lipinski definition) is 1. The largest absolute Gasteiger partial charge is 0.481 e. The van der Waals surface area contributed by atoms with E-state index in [2.05, 4.69) is 20.4 Å². The van der Waals surface area contributed by atoms with Crippen molar-refractivity contribution in [2.24, 2.45) is 0 Å². The van der Waals surface area contributed by atoms with E-state index in [1.165, 1.54) is 0 Å². The van der Waals surface area contributed by atoms with Crippen LogP contribution in [0.3, 0.4) is 0 Å². The van der Waals surface area contributed by atoms with Crippen LogP contribution in [0, 0.1) is 6.92 Å². The lowest BCUT2D eigenvalue weighted by Crippen LogP contribution is -2.04. The highest BCUT2D eigenvalue weighted by Gasteiger charge is 2.07. The quantitative estimate of drug-likeness (QED) is 0.785. The molecule has 0 atom stereocenters. The van der Waals surface area contributed by atoms with Crippen LogP contribution in [0.25, 0.3) is 5.65 Å². The molecule has 0 spiro atoms. The molecule has 0 radical (unpaired) electrons. The van der Waals surface area contributed by atoms with Crippen molar-refractivity contribution in [3.05, 3.63) is 47.8 Å². The Morgan fingerprint density at radius 2 is 2.20 bits per heavy atom. The molecule has 0 saturated heterocycles. The Kier molecular flexibility index (Phi) is 3.20. The van der Waals surface area contributed by atoms with E-state index in [1.807, 2.05) is 37.4 Å². The average molecular weight is 269 g/mol. The molecule has 3 heterocycles. The number of pyridine rings is 2. The van der Waals surface area contributed by atoms with E-state index in [-0.39, 0.29) is 0 Å². The fraction of sp³-hybridized carbons (Fsp3) is 0.214. The van der Waals surface area contributed by atoms with Gasteiger partial charge in [-0.15, -0.1) is 5.10 Å². The first-order chi connectivity index (χ1) is 9.78. The first-order valence-corrected chi connectivity index (χ1v) is 6.31. The van der Waals surface area contributed by atoms with Crippen LogP contribution < -0.4 is 10.1 Å². The van der Waals surface area contributed by atoms with E-state index in [0.29, 0.717) is 18.4 Å². The standard InChI is InChI=1S/C14H15N5O/c1-10-5-4-8-19-12(10)17-14(18-19)16-9-11-6-3-7-15-13(11)20-2/h3-8H,9H2,1-2H3,(H,16,18). The number of aryl methyl sites for hydroxylation is 1. The zero-order chi connectivity index (χ0) is 13.9. The summed E-state index contributed by atoms with van der Waals surface area (Å²) >= 11 is 0. The van der Waals surface area contributed by atoms with E-state index < -0.39 is 0 Å². The van der Waals surface area contributed by atoms with Crippen molar-refractivity contribution in [3.8, 4) is 5.88 Å². The summed E-state index contributed by atoms with van der Waals surface area (Å²) < 4.78 is 6.98. The highest BCUT2D eigenvalue weighted by molar-refractivity contribution is 5.50. The number of hydrogen-bond acceptors (Lipinski definition) is 5. The van der Waals surface area contributed by atoms with Gasteiger partial charge in [-0.1, -0.05) is 12.1 Å². The number of rotatable bonds is 4. The molecule has 0 fully saturated rings. The zero-order valence-corrected chi connectivity index (χ0v) is 11.4. The average Bonchev–Trinajstić information content (AvgIpc) is 2.90. The molecule has 6 heteroatoms. The Labute approximate surface area is 116 Å². The van der Waals surface area contributed by atoms with Crippen molar-refractivity contribution in [1.29, 1.82) is 0 Å². The zero-order valence-electron chi connectivity index (χ0n) is 11.4. The van der Waals surface area contributed by atoms with Gasteiger partial charge in [0, 0.05) is 24.5 Å². The maximum absolute atomic E-state index is 5.21. The molecule has 3 rings (SSSR count). The van der Waals surface area contributed by atoms with Gasteiger partial charge in [-0.25, -0.2) is 9.50 Å². The molecule has 0 unspecified atom stereocenters. The Balaban J connectivity index is 1.82. The topological polar surface area (TPSA) is 64.3 Å². The van der Waals surface area contributed by atoms with Gasteiger partial charge in [-0.3, -0.25) is 0 Å². The molecule has 0 aliphatic carbocycles. The van der Waals surface area contributed by atoms with Crippen LogP contribution in [-0.2, 0) is 6.54 Å². The van der Waals surface area contributed by atoms with E-state index in [0.717, 1.165) is 16.8 Å². The van der Waals surface area contributed by atoms with E-state index >= 15 is 0 Å². The molecule has 0 bridgehead atoms. The molecule has 3 aromatic heterocycles. The summed E-state index contributed by atoms with van der Waals surface area (Å²) in [6, 6.07) is 7.80.